The molecule has 1 aliphatic rings. The standard InChI is InChI=1S/C17H18BNO4/c1-11-4-3-5-12(2)17(11)19-16(20)10-22-14-7-6-13-9-23-18(21)15(13)8-14/h3-8,21H,9-10H2,1-2H3,(H,19,20). The number of carbonyl (C=O) groups is 1. The largest absolute Gasteiger partial charge is 0.491 e. The maximum absolute atomic E-state index is 12.1. The lowest BCUT2D eigenvalue weighted by atomic mass is 9.79. The molecular weight excluding hydrogens is 293 g/mol. The highest BCUT2D eigenvalue weighted by atomic mass is 16.5. The first kappa shape index (κ1) is 15.6. The van der Waals surface area contributed by atoms with Gasteiger partial charge >= 0.3 is 7.12 Å². The van der Waals surface area contributed by atoms with Gasteiger partial charge in [0.1, 0.15) is 5.75 Å². The Kier molecular flexibility index (Phi) is 4.36. The topological polar surface area (TPSA) is 67.8 Å². The van der Waals surface area contributed by atoms with Crippen molar-refractivity contribution in [3.05, 3.63) is 53.1 Å². The van der Waals surface area contributed by atoms with Crippen molar-refractivity contribution < 1.29 is 19.2 Å². The highest BCUT2D eigenvalue weighted by Gasteiger charge is 2.27. The number of amides is 1. The molecule has 0 atom stereocenters. The molecule has 6 heteroatoms. The molecule has 0 aromatic heterocycles. The third-order valence-electron chi connectivity index (χ3n) is 3.90. The van der Waals surface area contributed by atoms with Crippen LogP contribution >= 0.6 is 0 Å². The number of para-hydroxylation sites is 1. The van der Waals surface area contributed by atoms with Crippen molar-refractivity contribution in [3.8, 4) is 5.75 Å². The first-order valence-corrected chi connectivity index (χ1v) is 7.46. The monoisotopic (exact) mass is 311 g/mol. The molecule has 1 amide bonds. The van der Waals surface area contributed by atoms with Crippen LogP contribution in [0.25, 0.3) is 0 Å². The average Bonchev–Trinajstić information content (AvgIpc) is 2.90. The fourth-order valence-corrected chi connectivity index (χ4v) is 2.62. The van der Waals surface area contributed by atoms with Gasteiger partial charge in [-0.05, 0) is 48.1 Å². The van der Waals surface area contributed by atoms with Crippen molar-refractivity contribution >= 4 is 24.2 Å². The van der Waals surface area contributed by atoms with E-state index in [-0.39, 0.29) is 12.5 Å². The van der Waals surface area contributed by atoms with Gasteiger partial charge in [-0.2, -0.15) is 0 Å². The Hall–Kier alpha value is -2.31. The molecule has 1 aliphatic heterocycles. The van der Waals surface area contributed by atoms with E-state index in [9.17, 15) is 9.82 Å². The molecule has 5 nitrogen and oxygen atoms in total. The molecule has 118 valence electrons. The number of aryl methyl sites for hydroxylation is 2. The lowest BCUT2D eigenvalue weighted by Gasteiger charge is -2.12. The zero-order valence-corrected chi connectivity index (χ0v) is 13.1. The van der Waals surface area contributed by atoms with E-state index < -0.39 is 7.12 Å². The smallest absolute Gasteiger partial charge is 0.484 e. The van der Waals surface area contributed by atoms with Crippen LogP contribution in [0.15, 0.2) is 36.4 Å². The second-order valence-corrected chi connectivity index (χ2v) is 5.63. The van der Waals surface area contributed by atoms with Crippen molar-refractivity contribution in [3.63, 3.8) is 0 Å². The fraction of sp³-hybridized carbons (Fsp3) is 0.235. The van der Waals surface area contributed by atoms with Gasteiger partial charge in [-0.1, -0.05) is 24.3 Å². The Labute approximate surface area is 135 Å². The fourth-order valence-electron chi connectivity index (χ4n) is 2.62. The first-order chi connectivity index (χ1) is 11.0. The van der Waals surface area contributed by atoms with Crippen LogP contribution < -0.4 is 15.5 Å². The van der Waals surface area contributed by atoms with E-state index in [1.807, 2.05) is 38.1 Å². The number of nitrogens with one attached hydrogen (secondary N) is 1. The maximum atomic E-state index is 12.1. The molecule has 3 rings (SSSR count). The number of hydrogen-bond acceptors (Lipinski definition) is 4. The average molecular weight is 311 g/mol. The second kappa shape index (κ2) is 6.44. The molecular formula is C17H18BNO4. The Bertz CT molecular complexity index is 727. The molecule has 0 spiro atoms. The van der Waals surface area contributed by atoms with Crippen LogP contribution in [0.4, 0.5) is 5.69 Å². The molecule has 2 aromatic carbocycles. The van der Waals surface area contributed by atoms with Gasteiger partial charge in [0, 0.05) is 5.69 Å². The third kappa shape index (κ3) is 3.38. The lowest BCUT2D eigenvalue weighted by molar-refractivity contribution is -0.118. The Morgan fingerprint density at radius 2 is 2.04 bits per heavy atom. The molecule has 0 bridgehead atoms. The minimum atomic E-state index is -0.919. The highest BCUT2D eigenvalue weighted by molar-refractivity contribution is 6.61. The zero-order valence-electron chi connectivity index (χ0n) is 13.1. The van der Waals surface area contributed by atoms with Crippen molar-refractivity contribution in [2.45, 2.75) is 20.5 Å². The number of rotatable bonds is 4. The summed E-state index contributed by atoms with van der Waals surface area (Å²) in [5.41, 5.74) is 4.47. The second-order valence-electron chi connectivity index (χ2n) is 5.63. The van der Waals surface area contributed by atoms with Crippen LogP contribution in [-0.4, -0.2) is 24.7 Å². The van der Waals surface area contributed by atoms with Crippen molar-refractivity contribution in [1.29, 1.82) is 0 Å². The quantitative estimate of drug-likeness (QED) is 0.841. The van der Waals surface area contributed by atoms with Gasteiger partial charge in [-0.15, -0.1) is 0 Å². The van der Waals surface area contributed by atoms with Gasteiger partial charge in [0.25, 0.3) is 5.91 Å². The predicted molar refractivity (Wildman–Crippen MR) is 88.9 cm³/mol. The molecule has 0 fully saturated rings. The van der Waals surface area contributed by atoms with Crippen LogP contribution in [0.1, 0.15) is 16.7 Å². The van der Waals surface area contributed by atoms with Crippen molar-refractivity contribution in [2.24, 2.45) is 0 Å². The summed E-state index contributed by atoms with van der Waals surface area (Å²) < 4.78 is 10.6. The number of fused-ring (bicyclic) bond motifs is 1. The van der Waals surface area contributed by atoms with Crippen LogP contribution in [0, 0.1) is 13.8 Å². The number of carbonyl (C=O) groups excluding carboxylic acids is 1. The summed E-state index contributed by atoms with van der Waals surface area (Å²) in [4.78, 5) is 12.1. The van der Waals surface area contributed by atoms with E-state index >= 15 is 0 Å². The highest BCUT2D eigenvalue weighted by Crippen LogP contribution is 2.20. The van der Waals surface area contributed by atoms with E-state index in [1.165, 1.54) is 0 Å². The first-order valence-electron chi connectivity index (χ1n) is 7.46. The number of benzene rings is 2. The van der Waals surface area contributed by atoms with Gasteiger partial charge in [0.05, 0.1) is 6.61 Å². The van der Waals surface area contributed by atoms with E-state index in [1.54, 1.807) is 12.1 Å². The van der Waals surface area contributed by atoms with Gasteiger partial charge in [0.15, 0.2) is 6.61 Å². The normalized spacial score (nSPS) is 12.9. The zero-order chi connectivity index (χ0) is 16.4. The van der Waals surface area contributed by atoms with Gasteiger partial charge < -0.3 is 19.7 Å². The molecule has 0 aliphatic carbocycles. The van der Waals surface area contributed by atoms with E-state index in [0.717, 1.165) is 22.4 Å². The number of ether oxygens (including phenoxy) is 1. The SMILES string of the molecule is Cc1cccc(C)c1NC(=O)COc1ccc2c(c1)B(O)OC2. The predicted octanol–water partition coefficient (Wildman–Crippen LogP) is 1.54. The minimum Gasteiger partial charge on any atom is -0.484 e. The Balaban J connectivity index is 1.63. The summed E-state index contributed by atoms with van der Waals surface area (Å²) in [5, 5.41) is 12.6. The van der Waals surface area contributed by atoms with E-state index in [4.69, 9.17) is 9.39 Å². The molecule has 2 aromatic rings. The summed E-state index contributed by atoms with van der Waals surface area (Å²) in [7, 11) is -0.919. The third-order valence-corrected chi connectivity index (χ3v) is 3.90. The summed E-state index contributed by atoms with van der Waals surface area (Å²) in [6, 6.07) is 11.2. The van der Waals surface area contributed by atoms with Crippen molar-refractivity contribution in [1.82, 2.24) is 0 Å². The summed E-state index contributed by atoms with van der Waals surface area (Å²) in [6.45, 7) is 4.20. The molecule has 23 heavy (non-hydrogen) atoms. The Morgan fingerprint density at radius 3 is 2.78 bits per heavy atom. The maximum Gasteiger partial charge on any atom is 0.491 e. The number of anilines is 1. The lowest BCUT2D eigenvalue weighted by Crippen LogP contribution is -2.28. The summed E-state index contributed by atoms with van der Waals surface area (Å²) >= 11 is 0. The summed E-state index contributed by atoms with van der Waals surface area (Å²) in [6.07, 6.45) is 0. The van der Waals surface area contributed by atoms with Crippen molar-refractivity contribution in [2.75, 3.05) is 11.9 Å². The van der Waals surface area contributed by atoms with Gasteiger partial charge in [-0.3, -0.25) is 4.79 Å². The van der Waals surface area contributed by atoms with Gasteiger partial charge in [0.2, 0.25) is 0 Å². The number of hydrogen-bond donors (Lipinski definition) is 2. The van der Waals surface area contributed by atoms with Crippen LogP contribution in [0.5, 0.6) is 5.75 Å². The van der Waals surface area contributed by atoms with Gasteiger partial charge in [-0.25, -0.2) is 0 Å². The molecule has 0 saturated carbocycles. The molecule has 1 heterocycles. The molecule has 0 unspecified atom stereocenters. The van der Waals surface area contributed by atoms with Crippen LogP contribution in [0.3, 0.4) is 0 Å². The van der Waals surface area contributed by atoms with E-state index in [2.05, 4.69) is 5.32 Å². The van der Waals surface area contributed by atoms with E-state index in [0.29, 0.717) is 17.8 Å². The molecule has 0 saturated heterocycles. The summed E-state index contributed by atoms with van der Waals surface area (Å²) in [5.74, 6) is 0.310. The Morgan fingerprint density at radius 1 is 1.30 bits per heavy atom. The minimum absolute atomic E-state index is 0.0937. The molecule has 2 N–H and O–H groups in total. The van der Waals surface area contributed by atoms with Crippen LogP contribution in [0.2, 0.25) is 0 Å². The molecule has 0 radical (unpaired) electrons. The van der Waals surface area contributed by atoms with Crippen LogP contribution in [-0.2, 0) is 16.1 Å².